The number of rotatable bonds is 10. The number of benzene rings is 2. The topological polar surface area (TPSA) is 101 Å². The van der Waals surface area contributed by atoms with Gasteiger partial charge in [0, 0.05) is 12.8 Å². The van der Waals surface area contributed by atoms with Gasteiger partial charge in [0.15, 0.2) is 0 Å². The number of hydrazone groups is 2. The Labute approximate surface area is 169 Å². The van der Waals surface area contributed by atoms with Crippen LogP contribution >= 0.6 is 0 Å². The molecule has 0 aliphatic carbocycles. The van der Waals surface area contributed by atoms with Crippen LogP contribution in [0, 0.1) is 0 Å². The maximum atomic E-state index is 11.8. The first-order chi connectivity index (χ1) is 14.1. The summed E-state index contributed by atoms with van der Waals surface area (Å²) >= 11 is 0. The highest BCUT2D eigenvalue weighted by Gasteiger charge is 2.04. The van der Waals surface area contributed by atoms with E-state index in [-0.39, 0.29) is 24.7 Å². The maximum Gasteiger partial charge on any atom is 0.240 e. The van der Waals surface area contributed by atoms with E-state index in [9.17, 15) is 9.59 Å². The van der Waals surface area contributed by atoms with E-state index in [1.165, 1.54) is 12.4 Å². The van der Waals surface area contributed by atoms with Crippen molar-refractivity contribution in [1.29, 1.82) is 0 Å². The Hall–Kier alpha value is -3.68. The smallest absolute Gasteiger partial charge is 0.240 e. The molecule has 0 spiro atoms. The Kier molecular flexibility index (Phi) is 8.88. The van der Waals surface area contributed by atoms with Crippen molar-refractivity contribution < 1.29 is 19.1 Å². The molecule has 2 aromatic carbocycles. The number of carbonyl (C=O) groups excluding carboxylic acids is 2. The zero-order chi connectivity index (χ0) is 20.9. The zero-order valence-electron chi connectivity index (χ0n) is 16.4. The van der Waals surface area contributed by atoms with Crippen LogP contribution in [0.15, 0.2) is 58.7 Å². The van der Waals surface area contributed by atoms with Crippen LogP contribution in [0.25, 0.3) is 0 Å². The van der Waals surface area contributed by atoms with Crippen LogP contribution < -0.4 is 20.3 Å². The number of amides is 2. The molecule has 0 aromatic heterocycles. The lowest BCUT2D eigenvalue weighted by molar-refractivity contribution is -0.122. The number of hydrogen-bond acceptors (Lipinski definition) is 6. The molecule has 2 amide bonds. The summed E-state index contributed by atoms with van der Waals surface area (Å²) in [6.45, 7) is 0. The molecule has 2 N–H and O–H groups in total. The molecule has 0 saturated heterocycles. The van der Waals surface area contributed by atoms with Gasteiger partial charge in [-0.25, -0.2) is 10.9 Å². The molecule has 0 unspecified atom stereocenters. The summed E-state index contributed by atoms with van der Waals surface area (Å²) in [7, 11) is 3.16. The Balaban J connectivity index is 1.65. The molecule has 0 bridgehead atoms. The Morgan fingerprint density at radius 2 is 1.28 bits per heavy atom. The second kappa shape index (κ2) is 11.9. The predicted molar refractivity (Wildman–Crippen MR) is 111 cm³/mol. The minimum Gasteiger partial charge on any atom is -0.497 e. The lowest BCUT2D eigenvalue weighted by Gasteiger charge is -2.02. The molecule has 8 nitrogen and oxygen atoms in total. The van der Waals surface area contributed by atoms with E-state index < -0.39 is 0 Å². The first-order valence-electron chi connectivity index (χ1n) is 9.02. The minimum atomic E-state index is -0.267. The van der Waals surface area contributed by atoms with E-state index in [4.69, 9.17) is 9.47 Å². The van der Waals surface area contributed by atoms with Gasteiger partial charge in [-0.05, 0) is 41.8 Å². The molecule has 0 radical (unpaired) electrons. The SMILES string of the molecule is COc1cccc(/C=N\NC(=O)CCCC(=O)N/N=C/c2cccc(OC)c2)c1. The van der Waals surface area contributed by atoms with Crippen molar-refractivity contribution in [3.8, 4) is 11.5 Å². The average molecular weight is 396 g/mol. The van der Waals surface area contributed by atoms with Gasteiger partial charge in [0.25, 0.3) is 0 Å². The lowest BCUT2D eigenvalue weighted by atomic mass is 10.2. The first-order valence-corrected chi connectivity index (χ1v) is 9.02. The van der Waals surface area contributed by atoms with Gasteiger partial charge < -0.3 is 9.47 Å². The van der Waals surface area contributed by atoms with Crippen molar-refractivity contribution in [2.45, 2.75) is 19.3 Å². The molecule has 2 aromatic rings. The van der Waals surface area contributed by atoms with Crippen LogP contribution in [0.3, 0.4) is 0 Å². The molecular formula is C21H24N4O4. The second-order valence-corrected chi connectivity index (χ2v) is 5.99. The zero-order valence-corrected chi connectivity index (χ0v) is 16.4. The summed E-state index contributed by atoms with van der Waals surface area (Å²) < 4.78 is 10.2. The monoisotopic (exact) mass is 396 g/mol. The van der Waals surface area contributed by atoms with Crippen LogP contribution in [0.5, 0.6) is 11.5 Å². The summed E-state index contributed by atoms with van der Waals surface area (Å²) in [6.07, 6.45) is 3.81. The Bertz CT molecular complexity index is 809. The molecule has 0 fully saturated rings. The fourth-order valence-corrected chi connectivity index (χ4v) is 2.32. The van der Waals surface area contributed by atoms with E-state index in [0.29, 0.717) is 17.9 Å². The van der Waals surface area contributed by atoms with Crippen molar-refractivity contribution in [2.24, 2.45) is 10.2 Å². The highest BCUT2D eigenvalue weighted by atomic mass is 16.5. The molecule has 0 aliphatic rings. The van der Waals surface area contributed by atoms with Gasteiger partial charge in [-0.2, -0.15) is 10.2 Å². The van der Waals surface area contributed by atoms with Gasteiger partial charge in [-0.1, -0.05) is 24.3 Å². The molecule has 29 heavy (non-hydrogen) atoms. The third-order valence-electron chi connectivity index (χ3n) is 3.80. The van der Waals surface area contributed by atoms with Crippen molar-refractivity contribution in [3.63, 3.8) is 0 Å². The quantitative estimate of drug-likeness (QED) is 0.476. The molecule has 0 saturated carbocycles. The van der Waals surface area contributed by atoms with Crippen LogP contribution in [-0.2, 0) is 9.59 Å². The fraction of sp³-hybridized carbons (Fsp3) is 0.238. The number of methoxy groups -OCH3 is 2. The normalized spacial score (nSPS) is 10.8. The summed E-state index contributed by atoms with van der Waals surface area (Å²) in [4.78, 5) is 23.5. The highest BCUT2D eigenvalue weighted by molar-refractivity contribution is 5.84. The molecule has 2 rings (SSSR count). The number of nitrogens with zero attached hydrogens (tertiary/aromatic N) is 2. The third-order valence-corrected chi connectivity index (χ3v) is 3.80. The van der Waals surface area contributed by atoms with Crippen LogP contribution in [0.2, 0.25) is 0 Å². The lowest BCUT2D eigenvalue weighted by Crippen LogP contribution is -2.20. The van der Waals surface area contributed by atoms with Gasteiger partial charge in [0.2, 0.25) is 11.8 Å². The Morgan fingerprint density at radius 1 is 0.828 bits per heavy atom. The number of ether oxygens (including phenoxy) is 2. The van der Waals surface area contributed by atoms with Gasteiger partial charge in [-0.15, -0.1) is 0 Å². The molecule has 8 heteroatoms. The average Bonchev–Trinajstić information content (AvgIpc) is 2.74. The van der Waals surface area contributed by atoms with E-state index in [2.05, 4.69) is 21.1 Å². The van der Waals surface area contributed by atoms with Gasteiger partial charge in [0.1, 0.15) is 11.5 Å². The highest BCUT2D eigenvalue weighted by Crippen LogP contribution is 2.11. The van der Waals surface area contributed by atoms with Gasteiger partial charge >= 0.3 is 0 Å². The third kappa shape index (κ3) is 8.25. The van der Waals surface area contributed by atoms with E-state index in [1.54, 1.807) is 26.4 Å². The summed E-state index contributed by atoms with van der Waals surface area (Å²) in [5.41, 5.74) is 6.48. The molecule has 0 heterocycles. The van der Waals surface area contributed by atoms with Crippen molar-refractivity contribution in [2.75, 3.05) is 14.2 Å². The fourth-order valence-electron chi connectivity index (χ4n) is 2.32. The van der Waals surface area contributed by atoms with Crippen molar-refractivity contribution in [1.82, 2.24) is 10.9 Å². The summed E-state index contributed by atoms with van der Waals surface area (Å²) in [5, 5.41) is 7.80. The standard InChI is InChI=1S/C21H24N4O4/c1-28-18-8-3-6-16(12-18)14-22-24-20(26)10-5-11-21(27)25-23-15-17-7-4-9-19(13-17)29-2/h3-4,6-9,12-15H,5,10-11H2,1-2H3,(H,24,26)(H,25,27)/b22-14-,23-15+. The van der Waals surface area contributed by atoms with Crippen molar-refractivity contribution >= 4 is 24.2 Å². The first kappa shape index (κ1) is 21.6. The van der Waals surface area contributed by atoms with Crippen LogP contribution in [-0.4, -0.2) is 38.5 Å². The van der Waals surface area contributed by atoms with Crippen LogP contribution in [0.4, 0.5) is 0 Å². The van der Waals surface area contributed by atoms with Gasteiger partial charge in [-0.3, -0.25) is 9.59 Å². The van der Waals surface area contributed by atoms with Crippen LogP contribution in [0.1, 0.15) is 30.4 Å². The van der Waals surface area contributed by atoms with E-state index in [1.807, 2.05) is 36.4 Å². The van der Waals surface area contributed by atoms with E-state index in [0.717, 1.165) is 11.1 Å². The molecule has 0 aliphatic heterocycles. The number of nitrogens with one attached hydrogen (secondary N) is 2. The maximum absolute atomic E-state index is 11.8. The van der Waals surface area contributed by atoms with Crippen molar-refractivity contribution in [3.05, 3.63) is 59.7 Å². The molecule has 0 atom stereocenters. The predicted octanol–water partition coefficient (Wildman–Crippen LogP) is 2.47. The largest absolute Gasteiger partial charge is 0.497 e. The number of hydrogen-bond donors (Lipinski definition) is 2. The summed E-state index contributed by atoms with van der Waals surface area (Å²) in [5.74, 6) is 0.884. The molecule has 152 valence electrons. The molecular weight excluding hydrogens is 372 g/mol. The van der Waals surface area contributed by atoms with Gasteiger partial charge in [0.05, 0.1) is 26.6 Å². The Morgan fingerprint density at radius 3 is 1.69 bits per heavy atom. The summed E-state index contributed by atoms with van der Waals surface area (Å²) in [6, 6.07) is 14.6. The van der Waals surface area contributed by atoms with E-state index >= 15 is 0 Å². The second-order valence-electron chi connectivity index (χ2n) is 5.99. The number of carbonyl (C=O) groups is 2. The minimum absolute atomic E-state index is 0.183.